The maximum atomic E-state index is 13.5. The number of carbonyl (C=O) groups is 1. The number of morpholine rings is 1. The lowest BCUT2D eigenvalue weighted by Crippen LogP contribution is -2.43. The standard InChI is InChI=1S/C21H27N5O2S/c1-4-26-18(5-6-22-26)20(27)25(8-7-24-9-11-28-12-10-24)21-23-17-14-15(2)13-16(3)19(17)29-21/h5-6,13-14H,4,7-12H2,1-3H3. The summed E-state index contributed by atoms with van der Waals surface area (Å²) in [4.78, 5) is 22.5. The summed E-state index contributed by atoms with van der Waals surface area (Å²) in [6.45, 7) is 11.5. The van der Waals surface area contributed by atoms with Gasteiger partial charge in [-0.2, -0.15) is 5.10 Å². The third kappa shape index (κ3) is 4.19. The van der Waals surface area contributed by atoms with E-state index >= 15 is 0 Å². The van der Waals surface area contributed by atoms with Crippen molar-refractivity contribution in [2.24, 2.45) is 0 Å². The van der Waals surface area contributed by atoms with Gasteiger partial charge in [-0.1, -0.05) is 17.4 Å². The molecular weight excluding hydrogens is 386 g/mol. The number of amides is 1. The van der Waals surface area contributed by atoms with Gasteiger partial charge in [0.1, 0.15) is 5.69 Å². The third-order valence-corrected chi connectivity index (χ3v) is 6.49. The zero-order chi connectivity index (χ0) is 20.4. The molecule has 8 heteroatoms. The summed E-state index contributed by atoms with van der Waals surface area (Å²) in [6.07, 6.45) is 1.68. The molecule has 4 rings (SSSR count). The third-order valence-electron chi connectivity index (χ3n) is 5.26. The van der Waals surface area contributed by atoms with Crippen LogP contribution in [0.1, 0.15) is 28.5 Å². The van der Waals surface area contributed by atoms with E-state index in [1.54, 1.807) is 28.3 Å². The molecule has 1 aliphatic heterocycles. The van der Waals surface area contributed by atoms with E-state index in [4.69, 9.17) is 9.72 Å². The molecule has 0 spiro atoms. The first kappa shape index (κ1) is 20.0. The van der Waals surface area contributed by atoms with Crippen molar-refractivity contribution in [2.75, 3.05) is 44.3 Å². The van der Waals surface area contributed by atoms with Crippen molar-refractivity contribution in [1.82, 2.24) is 19.7 Å². The highest BCUT2D eigenvalue weighted by atomic mass is 32.1. The van der Waals surface area contributed by atoms with Crippen LogP contribution < -0.4 is 4.90 Å². The topological polar surface area (TPSA) is 63.5 Å². The van der Waals surface area contributed by atoms with Crippen LogP contribution in [0, 0.1) is 13.8 Å². The Balaban J connectivity index is 1.67. The number of hydrogen-bond acceptors (Lipinski definition) is 6. The first-order valence-corrected chi connectivity index (χ1v) is 10.9. The molecule has 0 unspecified atom stereocenters. The molecule has 29 heavy (non-hydrogen) atoms. The van der Waals surface area contributed by atoms with Crippen LogP contribution in [-0.4, -0.2) is 65.0 Å². The van der Waals surface area contributed by atoms with Gasteiger partial charge >= 0.3 is 0 Å². The molecule has 2 aromatic heterocycles. The van der Waals surface area contributed by atoms with Crippen LogP contribution in [0.3, 0.4) is 0 Å². The zero-order valence-electron chi connectivity index (χ0n) is 17.2. The number of anilines is 1. The van der Waals surface area contributed by atoms with Gasteiger partial charge < -0.3 is 4.74 Å². The fraction of sp³-hybridized carbons (Fsp3) is 0.476. The van der Waals surface area contributed by atoms with Gasteiger partial charge in [0.15, 0.2) is 5.13 Å². The molecule has 1 aromatic carbocycles. The Bertz CT molecular complexity index is 1010. The second kappa shape index (κ2) is 8.61. The Morgan fingerprint density at radius 1 is 1.28 bits per heavy atom. The number of ether oxygens (including phenoxy) is 1. The molecule has 0 bridgehead atoms. The van der Waals surface area contributed by atoms with Crippen molar-refractivity contribution in [2.45, 2.75) is 27.3 Å². The molecule has 0 aliphatic carbocycles. The van der Waals surface area contributed by atoms with Gasteiger partial charge in [0.2, 0.25) is 0 Å². The maximum Gasteiger partial charge on any atom is 0.278 e. The fourth-order valence-corrected chi connectivity index (χ4v) is 4.78. The van der Waals surface area contributed by atoms with Crippen LogP contribution in [0.4, 0.5) is 5.13 Å². The number of benzene rings is 1. The van der Waals surface area contributed by atoms with Crippen molar-refractivity contribution in [1.29, 1.82) is 0 Å². The molecule has 0 radical (unpaired) electrons. The smallest absolute Gasteiger partial charge is 0.278 e. The summed E-state index contributed by atoms with van der Waals surface area (Å²) in [7, 11) is 0. The molecular formula is C21H27N5O2S. The lowest BCUT2D eigenvalue weighted by atomic mass is 10.1. The number of hydrogen-bond donors (Lipinski definition) is 0. The minimum atomic E-state index is -0.0500. The summed E-state index contributed by atoms with van der Waals surface area (Å²) in [5.74, 6) is -0.0500. The van der Waals surface area contributed by atoms with Crippen LogP contribution in [0.5, 0.6) is 0 Å². The van der Waals surface area contributed by atoms with Gasteiger partial charge in [-0.05, 0) is 44.0 Å². The molecule has 7 nitrogen and oxygen atoms in total. The van der Waals surface area contributed by atoms with Gasteiger partial charge in [0.05, 0.1) is 23.4 Å². The molecule has 3 heterocycles. The van der Waals surface area contributed by atoms with Crippen LogP contribution >= 0.6 is 11.3 Å². The molecule has 1 amide bonds. The van der Waals surface area contributed by atoms with E-state index in [-0.39, 0.29) is 5.91 Å². The van der Waals surface area contributed by atoms with Gasteiger partial charge in [0, 0.05) is 38.9 Å². The van der Waals surface area contributed by atoms with Crippen molar-refractivity contribution >= 4 is 32.6 Å². The largest absolute Gasteiger partial charge is 0.379 e. The van der Waals surface area contributed by atoms with E-state index < -0.39 is 0 Å². The molecule has 1 fully saturated rings. The van der Waals surface area contributed by atoms with E-state index in [1.807, 2.05) is 11.8 Å². The van der Waals surface area contributed by atoms with E-state index in [0.29, 0.717) is 18.8 Å². The van der Waals surface area contributed by atoms with Crippen molar-refractivity contribution in [3.63, 3.8) is 0 Å². The van der Waals surface area contributed by atoms with Crippen molar-refractivity contribution < 1.29 is 9.53 Å². The predicted octanol–water partition coefficient (Wildman–Crippen LogP) is 3.11. The fourth-order valence-electron chi connectivity index (χ4n) is 3.74. The Kier molecular flexibility index (Phi) is 5.94. The number of aryl methyl sites for hydroxylation is 3. The van der Waals surface area contributed by atoms with Gasteiger partial charge in [0.25, 0.3) is 5.91 Å². The summed E-state index contributed by atoms with van der Waals surface area (Å²) >= 11 is 1.59. The highest BCUT2D eigenvalue weighted by Gasteiger charge is 2.25. The number of nitrogens with zero attached hydrogens (tertiary/aromatic N) is 5. The molecule has 3 aromatic rings. The first-order chi connectivity index (χ1) is 14.1. The highest BCUT2D eigenvalue weighted by Crippen LogP contribution is 2.32. The predicted molar refractivity (Wildman–Crippen MR) is 116 cm³/mol. The second-order valence-corrected chi connectivity index (χ2v) is 8.35. The van der Waals surface area contributed by atoms with Crippen LogP contribution in [0.2, 0.25) is 0 Å². The Labute approximate surface area is 174 Å². The van der Waals surface area contributed by atoms with Crippen LogP contribution in [-0.2, 0) is 11.3 Å². The van der Waals surface area contributed by atoms with E-state index in [1.165, 1.54) is 11.1 Å². The van der Waals surface area contributed by atoms with E-state index in [9.17, 15) is 4.79 Å². The molecule has 154 valence electrons. The second-order valence-electron chi connectivity index (χ2n) is 7.37. The normalized spacial score (nSPS) is 15.1. The quantitative estimate of drug-likeness (QED) is 0.621. The first-order valence-electron chi connectivity index (χ1n) is 10.1. The molecule has 1 saturated heterocycles. The van der Waals surface area contributed by atoms with Gasteiger partial charge in [-0.3, -0.25) is 19.3 Å². The zero-order valence-corrected chi connectivity index (χ0v) is 18.0. The number of aromatic nitrogens is 3. The van der Waals surface area contributed by atoms with Crippen molar-refractivity contribution in [3.05, 3.63) is 41.2 Å². The van der Waals surface area contributed by atoms with E-state index in [0.717, 1.165) is 48.2 Å². The highest BCUT2D eigenvalue weighted by molar-refractivity contribution is 7.22. The molecule has 0 saturated carbocycles. The summed E-state index contributed by atoms with van der Waals surface area (Å²) < 4.78 is 8.33. The minimum absolute atomic E-state index is 0.0500. The summed E-state index contributed by atoms with van der Waals surface area (Å²) in [6, 6.07) is 6.04. The minimum Gasteiger partial charge on any atom is -0.379 e. The summed E-state index contributed by atoms with van der Waals surface area (Å²) in [5.41, 5.74) is 3.93. The SMILES string of the molecule is CCn1nccc1C(=O)N(CCN1CCOCC1)c1nc2cc(C)cc(C)c2s1. The lowest BCUT2D eigenvalue weighted by molar-refractivity contribution is 0.0391. The number of rotatable bonds is 6. The number of carbonyl (C=O) groups excluding carboxylic acids is 1. The number of thiazole rings is 1. The van der Waals surface area contributed by atoms with Crippen LogP contribution in [0.25, 0.3) is 10.2 Å². The van der Waals surface area contributed by atoms with Crippen LogP contribution in [0.15, 0.2) is 24.4 Å². The maximum absolute atomic E-state index is 13.5. The van der Waals surface area contributed by atoms with E-state index in [2.05, 4.69) is 36.0 Å². The van der Waals surface area contributed by atoms with Gasteiger partial charge in [-0.25, -0.2) is 4.98 Å². The van der Waals surface area contributed by atoms with Gasteiger partial charge in [-0.15, -0.1) is 0 Å². The Morgan fingerprint density at radius 2 is 2.07 bits per heavy atom. The average Bonchev–Trinajstić information content (AvgIpc) is 3.35. The Morgan fingerprint density at radius 3 is 2.83 bits per heavy atom. The molecule has 0 atom stereocenters. The Hall–Kier alpha value is -2.29. The lowest BCUT2D eigenvalue weighted by Gasteiger charge is -2.29. The number of fused-ring (bicyclic) bond motifs is 1. The molecule has 1 aliphatic rings. The summed E-state index contributed by atoms with van der Waals surface area (Å²) in [5, 5.41) is 5.02. The monoisotopic (exact) mass is 413 g/mol. The molecule has 0 N–H and O–H groups in total. The van der Waals surface area contributed by atoms with Crippen molar-refractivity contribution in [3.8, 4) is 0 Å². The average molecular weight is 414 g/mol.